The third-order valence-corrected chi connectivity index (χ3v) is 4.37. The summed E-state index contributed by atoms with van der Waals surface area (Å²) in [6, 6.07) is 0. The van der Waals surface area contributed by atoms with Gasteiger partial charge in [-0.1, -0.05) is 13.8 Å². The summed E-state index contributed by atoms with van der Waals surface area (Å²) in [6.07, 6.45) is 1.29. The average molecular weight is 250 g/mol. The number of nitrogens with one attached hydrogen (secondary N) is 1. The number of aromatic nitrogens is 4. The Balaban J connectivity index is 2.09. The Hall–Kier alpha value is -1.10. The molecular weight excluding hydrogens is 232 g/mol. The van der Waals surface area contributed by atoms with Gasteiger partial charge in [0.25, 0.3) is 0 Å². The summed E-state index contributed by atoms with van der Waals surface area (Å²) in [5, 5.41) is 4.43. The summed E-state index contributed by atoms with van der Waals surface area (Å²) in [6.45, 7) is 7.66. The molecule has 4 nitrogen and oxygen atoms in total. The van der Waals surface area contributed by atoms with Crippen LogP contribution in [0.3, 0.4) is 0 Å². The molecule has 0 saturated heterocycles. The van der Waals surface area contributed by atoms with E-state index >= 15 is 0 Å². The Labute approximate surface area is 106 Å². The van der Waals surface area contributed by atoms with E-state index in [-0.39, 0.29) is 0 Å². The van der Waals surface area contributed by atoms with Crippen molar-refractivity contribution in [2.75, 3.05) is 0 Å². The first-order valence-corrected chi connectivity index (χ1v) is 6.43. The molecule has 1 N–H and O–H groups in total. The first-order chi connectivity index (χ1) is 7.90. The second-order valence-electron chi connectivity index (χ2n) is 5.84. The number of imidazole rings is 1. The third kappa shape index (κ3) is 1.56. The van der Waals surface area contributed by atoms with Crippen LogP contribution in [0, 0.1) is 23.0 Å². The molecule has 1 fully saturated rings. The summed E-state index contributed by atoms with van der Waals surface area (Å²) in [5.74, 6) is 0.739. The highest BCUT2D eigenvalue weighted by molar-refractivity contribution is 7.71. The zero-order valence-electron chi connectivity index (χ0n) is 10.7. The van der Waals surface area contributed by atoms with Gasteiger partial charge in [0, 0.05) is 13.6 Å². The van der Waals surface area contributed by atoms with Gasteiger partial charge >= 0.3 is 0 Å². The van der Waals surface area contributed by atoms with Crippen molar-refractivity contribution >= 4 is 23.4 Å². The lowest BCUT2D eigenvalue weighted by Gasteiger charge is -2.06. The summed E-state index contributed by atoms with van der Waals surface area (Å²) < 4.78 is 4.94. The van der Waals surface area contributed by atoms with Crippen molar-refractivity contribution in [2.24, 2.45) is 18.4 Å². The van der Waals surface area contributed by atoms with Crippen molar-refractivity contribution in [3.63, 3.8) is 0 Å². The largest absolute Gasteiger partial charge is 0.328 e. The van der Waals surface area contributed by atoms with E-state index < -0.39 is 0 Å². The Morgan fingerprint density at radius 1 is 1.53 bits per heavy atom. The molecule has 1 aliphatic rings. The monoisotopic (exact) mass is 250 g/mol. The number of aromatic amines is 1. The third-order valence-electron chi connectivity index (χ3n) is 4.05. The van der Waals surface area contributed by atoms with Gasteiger partial charge in [0.2, 0.25) is 0 Å². The SMILES string of the molecule is Cc1nn(C)c2c1[nH]c(=S)n2CC1CC1(C)C. The summed E-state index contributed by atoms with van der Waals surface area (Å²) in [5.41, 5.74) is 3.69. The van der Waals surface area contributed by atoms with Crippen molar-refractivity contribution in [3.8, 4) is 0 Å². The molecule has 2 heterocycles. The van der Waals surface area contributed by atoms with Crippen LogP contribution < -0.4 is 0 Å². The van der Waals surface area contributed by atoms with Gasteiger partial charge in [0.05, 0.1) is 5.69 Å². The number of aryl methyl sites for hydroxylation is 2. The van der Waals surface area contributed by atoms with Gasteiger partial charge in [0.15, 0.2) is 10.4 Å². The first-order valence-electron chi connectivity index (χ1n) is 6.02. The fourth-order valence-corrected chi connectivity index (χ4v) is 2.91. The topological polar surface area (TPSA) is 38.5 Å². The van der Waals surface area contributed by atoms with Crippen molar-refractivity contribution in [1.82, 2.24) is 19.3 Å². The van der Waals surface area contributed by atoms with Crippen molar-refractivity contribution in [3.05, 3.63) is 10.5 Å². The van der Waals surface area contributed by atoms with E-state index in [0.29, 0.717) is 5.41 Å². The molecule has 1 unspecified atom stereocenters. The predicted octanol–water partition coefficient (Wildman–Crippen LogP) is 2.79. The lowest BCUT2D eigenvalue weighted by molar-refractivity contribution is 0.497. The summed E-state index contributed by atoms with van der Waals surface area (Å²) >= 11 is 5.41. The second kappa shape index (κ2) is 3.22. The molecule has 92 valence electrons. The van der Waals surface area contributed by atoms with Crippen LogP contribution in [0.2, 0.25) is 0 Å². The highest BCUT2D eigenvalue weighted by Gasteiger charge is 2.45. The molecule has 0 aromatic carbocycles. The number of hydrogen-bond donors (Lipinski definition) is 1. The van der Waals surface area contributed by atoms with Crippen LogP contribution in [0.4, 0.5) is 0 Å². The molecule has 0 radical (unpaired) electrons. The first kappa shape index (κ1) is 11.0. The van der Waals surface area contributed by atoms with Gasteiger partial charge in [-0.25, -0.2) is 0 Å². The molecule has 1 saturated carbocycles. The molecule has 2 aromatic heterocycles. The number of hydrogen-bond acceptors (Lipinski definition) is 2. The number of nitrogens with zero attached hydrogens (tertiary/aromatic N) is 3. The Morgan fingerprint density at radius 3 is 2.76 bits per heavy atom. The van der Waals surface area contributed by atoms with Crippen molar-refractivity contribution < 1.29 is 0 Å². The second-order valence-corrected chi connectivity index (χ2v) is 6.22. The van der Waals surface area contributed by atoms with Crippen LogP contribution in [0.1, 0.15) is 26.0 Å². The molecule has 3 rings (SSSR count). The molecule has 2 aromatic rings. The van der Waals surface area contributed by atoms with Crippen molar-refractivity contribution in [2.45, 2.75) is 33.7 Å². The van der Waals surface area contributed by atoms with Gasteiger partial charge in [0.1, 0.15) is 5.52 Å². The highest BCUT2D eigenvalue weighted by Crippen LogP contribution is 2.52. The maximum absolute atomic E-state index is 5.41. The normalized spacial score (nSPS) is 22.2. The zero-order chi connectivity index (χ0) is 12.4. The number of fused-ring (bicyclic) bond motifs is 1. The highest BCUT2D eigenvalue weighted by atomic mass is 32.1. The summed E-state index contributed by atoms with van der Waals surface area (Å²) in [7, 11) is 1.98. The molecule has 0 bridgehead atoms. The van der Waals surface area contributed by atoms with E-state index in [2.05, 4.69) is 28.5 Å². The van der Waals surface area contributed by atoms with Crippen LogP contribution in [-0.2, 0) is 13.6 Å². The van der Waals surface area contributed by atoms with Gasteiger partial charge in [-0.05, 0) is 36.9 Å². The Morgan fingerprint density at radius 2 is 2.18 bits per heavy atom. The smallest absolute Gasteiger partial charge is 0.179 e. The van der Waals surface area contributed by atoms with Gasteiger partial charge in [-0.2, -0.15) is 5.10 Å². The summed E-state index contributed by atoms with van der Waals surface area (Å²) in [4.78, 5) is 3.27. The number of H-pyrrole nitrogens is 1. The molecule has 1 aliphatic carbocycles. The minimum absolute atomic E-state index is 0.478. The van der Waals surface area contributed by atoms with Crippen LogP contribution in [-0.4, -0.2) is 19.3 Å². The van der Waals surface area contributed by atoms with E-state index in [1.807, 2.05) is 18.7 Å². The molecule has 1 atom stereocenters. The van der Waals surface area contributed by atoms with E-state index in [0.717, 1.165) is 34.1 Å². The van der Waals surface area contributed by atoms with E-state index in [1.165, 1.54) is 6.42 Å². The quantitative estimate of drug-likeness (QED) is 0.832. The van der Waals surface area contributed by atoms with Gasteiger partial charge in [-0.3, -0.25) is 4.68 Å². The molecule has 0 spiro atoms. The Kier molecular flexibility index (Phi) is 2.09. The molecule has 5 heteroatoms. The minimum atomic E-state index is 0.478. The fourth-order valence-electron chi connectivity index (χ4n) is 2.65. The fraction of sp³-hybridized carbons (Fsp3) is 0.667. The molecule has 17 heavy (non-hydrogen) atoms. The average Bonchev–Trinajstić information content (AvgIpc) is 2.54. The van der Waals surface area contributed by atoms with Crippen LogP contribution in [0.5, 0.6) is 0 Å². The predicted molar refractivity (Wildman–Crippen MR) is 70.5 cm³/mol. The Bertz CT molecular complexity index is 643. The standard InChI is InChI=1S/C12H18N4S/c1-7-9-10(15(4)14-7)16(11(17)13-9)6-8-5-12(8,2)3/h8H,5-6H2,1-4H3,(H,13,17). The van der Waals surface area contributed by atoms with Crippen LogP contribution in [0.25, 0.3) is 11.2 Å². The minimum Gasteiger partial charge on any atom is -0.328 e. The maximum atomic E-state index is 5.41. The zero-order valence-corrected chi connectivity index (χ0v) is 11.6. The molecule has 0 amide bonds. The maximum Gasteiger partial charge on any atom is 0.179 e. The van der Waals surface area contributed by atoms with E-state index in [4.69, 9.17) is 12.2 Å². The van der Waals surface area contributed by atoms with Gasteiger partial charge in [-0.15, -0.1) is 0 Å². The van der Waals surface area contributed by atoms with E-state index in [9.17, 15) is 0 Å². The van der Waals surface area contributed by atoms with Gasteiger partial charge < -0.3 is 9.55 Å². The van der Waals surface area contributed by atoms with Crippen molar-refractivity contribution in [1.29, 1.82) is 0 Å². The molecule has 0 aliphatic heterocycles. The van der Waals surface area contributed by atoms with Crippen LogP contribution in [0.15, 0.2) is 0 Å². The molecular formula is C12H18N4S. The lowest BCUT2D eigenvalue weighted by Crippen LogP contribution is -2.07. The number of rotatable bonds is 2. The van der Waals surface area contributed by atoms with E-state index in [1.54, 1.807) is 0 Å². The lowest BCUT2D eigenvalue weighted by atomic mass is 10.1. The van der Waals surface area contributed by atoms with Crippen LogP contribution >= 0.6 is 12.2 Å².